The Labute approximate surface area is 85.8 Å². The van der Waals surface area contributed by atoms with Crippen molar-refractivity contribution in [1.29, 1.82) is 0 Å². The van der Waals surface area contributed by atoms with E-state index in [1.165, 1.54) is 0 Å². The first-order valence-corrected chi connectivity index (χ1v) is 5.01. The fraction of sp³-hybridized carbons (Fsp3) is 0.625. The summed E-state index contributed by atoms with van der Waals surface area (Å²) in [5.41, 5.74) is 0. The van der Waals surface area contributed by atoms with Crippen LogP contribution < -0.4 is 0 Å². The monoisotopic (exact) mass is 213 g/mol. The van der Waals surface area contributed by atoms with Gasteiger partial charge in [-0.1, -0.05) is 12.8 Å². The Morgan fingerprint density at radius 3 is 2.79 bits per heavy atom. The average Bonchev–Trinajstić information content (AvgIpc) is 2.71. The van der Waals surface area contributed by atoms with Crippen molar-refractivity contribution in [2.45, 2.75) is 31.7 Å². The summed E-state index contributed by atoms with van der Waals surface area (Å²) >= 11 is 5.01. The molecule has 6 heteroatoms. The molecule has 0 aromatic carbocycles. The molecule has 0 radical (unpaired) electrons. The lowest BCUT2D eigenvalue weighted by Crippen LogP contribution is -2.13. The predicted octanol–water partition coefficient (Wildman–Crippen LogP) is 1.75. The van der Waals surface area contributed by atoms with Crippen LogP contribution in [-0.4, -0.2) is 25.8 Å². The molecule has 2 rings (SSSR count). The first-order valence-electron chi connectivity index (χ1n) is 4.60. The number of nitrogens with one attached hydrogen (secondary N) is 1. The molecule has 0 aliphatic heterocycles. The number of carbonyl (C=O) groups is 1. The summed E-state index contributed by atoms with van der Waals surface area (Å²) in [6.07, 6.45) is 4.26. The lowest BCUT2D eigenvalue weighted by molar-refractivity contribution is 0.0675. The lowest BCUT2D eigenvalue weighted by atomic mass is 10.2. The summed E-state index contributed by atoms with van der Waals surface area (Å²) in [7, 11) is 0. The summed E-state index contributed by atoms with van der Waals surface area (Å²) in [6.45, 7) is 0. The highest BCUT2D eigenvalue weighted by molar-refractivity contribution is 7.71. The highest BCUT2D eigenvalue weighted by atomic mass is 32.1. The molecule has 0 spiro atoms. The Hall–Kier alpha value is -1.17. The maximum Gasteiger partial charge on any atom is 0.374 e. The number of hydrogen-bond donors (Lipinski definition) is 2. The fourth-order valence-corrected chi connectivity index (χ4v) is 2.24. The van der Waals surface area contributed by atoms with Crippen LogP contribution in [-0.2, 0) is 0 Å². The topological polar surface area (TPSA) is 70.9 Å². The van der Waals surface area contributed by atoms with E-state index in [0.29, 0.717) is 4.77 Å². The van der Waals surface area contributed by atoms with Gasteiger partial charge in [0.2, 0.25) is 5.82 Å². The standard InChI is InChI=1S/C8H11N3O2S/c12-7(13)6-9-10-8(14)11(6)5-3-1-2-4-5/h5H,1-4H2,(H,10,14)(H,12,13). The van der Waals surface area contributed by atoms with Crippen LogP contribution in [0.1, 0.15) is 42.3 Å². The molecule has 0 amide bonds. The first kappa shape index (κ1) is 9.39. The van der Waals surface area contributed by atoms with Crippen LogP contribution in [0.5, 0.6) is 0 Å². The van der Waals surface area contributed by atoms with Crippen LogP contribution >= 0.6 is 12.2 Å². The number of aromatic amines is 1. The number of hydrogen-bond acceptors (Lipinski definition) is 3. The van der Waals surface area contributed by atoms with Crippen molar-refractivity contribution in [2.75, 3.05) is 0 Å². The molecule has 1 aromatic rings. The van der Waals surface area contributed by atoms with Crippen LogP contribution in [0.3, 0.4) is 0 Å². The third kappa shape index (κ3) is 1.45. The molecule has 0 atom stereocenters. The van der Waals surface area contributed by atoms with Crippen LogP contribution in [0.4, 0.5) is 0 Å². The molecule has 2 N–H and O–H groups in total. The molecule has 1 saturated carbocycles. The van der Waals surface area contributed by atoms with Gasteiger partial charge in [-0.3, -0.25) is 9.67 Å². The second kappa shape index (κ2) is 3.53. The van der Waals surface area contributed by atoms with Gasteiger partial charge in [-0.25, -0.2) is 4.79 Å². The second-order valence-electron chi connectivity index (χ2n) is 3.47. The molecule has 1 aliphatic rings. The first-order chi connectivity index (χ1) is 6.70. The maximum atomic E-state index is 10.8. The van der Waals surface area contributed by atoms with Crippen molar-refractivity contribution >= 4 is 18.2 Å². The Morgan fingerprint density at radius 1 is 1.57 bits per heavy atom. The third-order valence-electron chi connectivity index (χ3n) is 2.59. The third-order valence-corrected chi connectivity index (χ3v) is 2.87. The number of aromatic carboxylic acids is 1. The van der Waals surface area contributed by atoms with Crippen molar-refractivity contribution in [3.8, 4) is 0 Å². The Kier molecular flexibility index (Phi) is 2.37. The molecule has 1 fully saturated rings. The van der Waals surface area contributed by atoms with Crippen molar-refractivity contribution < 1.29 is 9.90 Å². The van der Waals surface area contributed by atoms with Gasteiger partial charge in [0.15, 0.2) is 4.77 Å². The molecule has 76 valence electrons. The van der Waals surface area contributed by atoms with Gasteiger partial charge in [0, 0.05) is 6.04 Å². The summed E-state index contributed by atoms with van der Waals surface area (Å²) in [6, 6.07) is 0.215. The van der Waals surface area contributed by atoms with E-state index >= 15 is 0 Å². The SMILES string of the molecule is O=C(O)c1n[nH]c(=S)n1C1CCCC1. The van der Waals surface area contributed by atoms with E-state index in [0.717, 1.165) is 25.7 Å². The van der Waals surface area contributed by atoms with Gasteiger partial charge in [-0.2, -0.15) is 0 Å². The van der Waals surface area contributed by atoms with E-state index in [2.05, 4.69) is 10.2 Å². The Morgan fingerprint density at radius 2 is 2.21 bits per heavy atom. The van der Waals surface area contributed by atoms with Crippen LogP contribution in [0.25, 0.3) is 0 Å². The van der Waals surface area contributed by atoms with Gasteiger partial charge in [0.25, 0.3) is 0 Å². The number of H-pyrrole nitrogens is 1. The quantitative estimate of drug-likeness (QED) is 0.734. The zero-order chi connectivity index (χ0) is 10.1. The second-order valence-corrected chi connectivity index (χ2v) is 3.85. The molecular weight excluding hydrogens is 202 g/mol. The number of carboxylic acids is 1. The van der Waals surface area contributed by atoms with Crippen molar-refractivity contribution in [1.82, 2.24) is 14.8 Å². The van der Waals surface area contributed by atoms with Gasteiger partial charge >= 0.3 is 5.97 Å². The minimum Gasteiger partial charge on any atom is -0.475 e. The normalized spacial score (nSPS) is 17.4. The number of aromatic nitrogens is 3. The zero-order valence-electron chi connectivity index (χ0n) is 7.56. The molecule has 1 heterocycles. The number of rotatable bonds is 2. The molecule has 1 aliphatic carbocycles. The predicted molar refractivity (Wildman–Crippen MR) is 51.9 cm³/mol. The Balaban J connectivity index is 2.43. The van der Waals surface area contributed by atoms with Crippen molar-refractivity contribution in [2.24, 2.45) is 0 Å². The number of nitrogens with zero attached hydrogens (tertiary/aromatic N) is 2. The average molecular weight is 213 g/mol. The zero-order valence-corrected chi connectivity index (χ0v) is 8.38. The fourth-order valence-electron chi connectivity index (χ4n) is 1.96. The van der Waals surface area contributed by atoms with E-state index in [4.69, 9.17) is 17.3 Å². The highest BCUT2D eigenvalue weighted by Gasteiger charge is 2.23. The number of carboxylic acid groups (broad SMARTS) is 1. The van der Waals surface area contributed by atoms with E-state index < -0.39 is 5.97 Å². The molecule has 5 nitrogen and oxygen atoms in total. The molecule has 0 unspecified atom stereocenters. The summed E-state index contributed by atoms with van der Waals surface area (Å²) < 4.78 is 2.04. The van der Waals surface area contributed by atoms with Gasteiger partial charge in [0.05, 0.1) is 0 Å². The van der Waals surface area contributed by atoms with Crippen LogP contribution in [0, 0.1) is 4.77 Å². The smallest absolute Gasteiger partial charge is 0.374 e. The van der Waals surface area contributed by atoms with Gasteiger partial charge in [0.1, 0.15) is 0 Å². The minimum absolute atomic E-state index is 0.0295. The van der Waals surface area contributed by atoms with E-state index in [1.54, 1.807) is 4.57 Å². The van der Waals surface area contributed by atoms with E-state index in [1.807, 2.05) is 0 Å². The minimum atomic E-state index is -1.02. The van der Waals surface area contributed by atoms with Crippen molar-refractivity contribution in [3.63, 3.8) is 0 Å². The van der Waals surface area contributed by atoms with Crippen LogP contribution in [0.2, 0.25) is 0 Å². The van der Waals surface area contributed by atoms with Gasteiger partial charge < -0.3 is 5.11 Å². The maximum absolute atomic E-state index is 10.8. The lowest BCUT2D eigenvalue weighted by Gasteiger charge is -2.11. The molecule has 0 saturated heterocycles. The van der Waals surface area contributed by atoms with Gasteiger partial charge in [-0.05, 0) is 25.1 Å². The molecular formula is C8H11N3O2S. The molecule has 1 aromatic heterocycles. The molecule has 0 bridgehead atoms. The van der Waals surface area contributed by atoms with E-state index in [9.17, 15) is 4.79 Å². The van der Waals surface area contributed by atoms with E-state index in [-0.39, 0.29) is 11.9 Å². The summed E-state index contributed by atoms with van der Waals surface area (Å²) in [4.78, 5) is 10.8. The Bertz CT molecular complexity index is 403. The van der Waals surface area contributed by atoms with Crippen LogP contribution in [0.15, 0.2) is 0 Å². The summed E-state index contributed by atoms with van der Waals surface area (Å²) in [5.74, 6) is -0.994. The van der Waals surface area contributed by atoms with Crippen molar-refractivity contribution in [3.05, 3.63) is 10.6 Å². The summed E-state index contributed by atoms with van der Waals surface area (Å²) in [5, 5.41) is 15.1. The van der Waals surface area contributed by atoms with Gasteiger partial charge in [-0.15, -0.1) is 5.10 Å². The molecule has 14 heavy (non-hydrogen) atoms. The largest absolute Gasteiger partial charge is 0.475 e. The highest BCUT2D eigenvalue weighted by Crippen LogP contribution is 2.30.